The molecule has 0 bridgehead atoms. The average molecular weight is 284 g/mol. The lowest BCUT2D eigenvalue weighted by atomic mass is 10.2. The van der Waals surface area contributed by atoms with Crippen molar-refractivity contribution in [3.8, 4) is 0 Å². The number of hydrogen-bond donors (Lipinski definition) is 3. The predicted molar refractivity (Wildman–Crippen MR) is 71.3 cm³/mol. The van der Waals surface area contributed by atoms with E-state index in [1.54, 1.807) is 13.8 Å². The maximum absolute atomic E-state index is 13.6. The number of nitrogens with zero attached hydrogens (tertiary/aromatic N) is 1. The average Bonchev–Trinajstić information content (AvgIpc) is 2.37. The van der Waals surface area contributed by atoms with Crippen molar-refractivity contribution < 1.29 is 24.2 Å². The Labute approximate surface area is 115 Å². The van der Waals surface area contributed by atoms with Gasteiger partial charge in [-0.2, -0.15) is 0 Å². The maximum Gasteiger partial charge on any atom is 0.335 e. The summed E-state index contributed by atoms with van der Waals surface area (Å²) in [5.41, 5.74) is -0.335. The van der Waals surface area contributed by atoms with Crippen LogP contribution in [0.4, 0.5) is 14.9 Å². The summed E-state index contributed by atoms with van der Waals surface area (Å²) in [6.45, 7) is 3.38. The minimum absolute atomic E-state index is 0.101. The molecule has 110 valence electrons. The van der Waals surface area contributed by atoms with Gasteiger partial charge in [0.05, 0.1) is 17.9 Å². The number of urea groups is 1. The van der Waals surface area contributed by atoms with Gasteiger partial charge in [-0.3, -0.25) is 0 Å². The van der Waals surface area contributed by atoms with Crippen LogP contribution in [0.2, 0.25) is 0 Å². The second-order valence-electron chi connectivity index (χ2n) is 4.44. The van der Waals surface area contributed by atoms with Crippen molar-refractivity contribution in [2.24, 2.45) is 0 Å². The first-order chi connectivity index (χ1) is 9.36. The number of aromatic carboxylic acids is 1. The Kier molecular flexibility index (Phi) is 5.45. The number of aliphatic hydroxyl groups excluding tert-OH is 1. The van der Waals surface area contributed by atoms with Gasteiger partial charge in [0.1, 0.15) is 5.82 Å². The van der Waals surface area contributed by atoms with Crippen molar-refractivity contribution in [3.63, 3.8) is 0 Å². The Hall–Kier alpha value is -2.15. The molecular weight excluding hydrogens is 267 g/mol. The largest absolute Gasteiger partial charge is 0.478 e. The molecule has 3 N–H and O–H groups in total. The topological polar surface area (TPSA) is 89.9 Å². The molecule has 0 spiro atoms. The van der Waals surface area contributed by atoms with Crippen molar-refractivity contribution in [2.75, 3.05) is 18.5 Å². The lowest BCUT2D eigenvalue weighted by Gasteiger charge is -2.26. The minimum atomic E-state index is -1.21. The molecule has 0 fully saturated rings. The first-order valence-electron chi connectivity index (χ1n) is 6.08. The third-order valence-corrected chi connectivity index (χ3v) is 2.68. The molecule has 0 heterocycles. The highest BCUT2D eigenvalue weighted by Crippen LogP contribution is 2.17. The van der Waals surface area contributed by atoms with E-state index in [-0.39, 0.29) is 30.4 Å². The molecule has 0 unspecified atom stereocenters. The van der Waals surface area contributed by atoms with Crippen LogP contribution in [-0.2, 0) is 0 Å². The monoisotopic (exact) mass is 284 g/mol. The van der Waals surface area contributed by atoms with Crippen molar-refractivity contribution >= 4 is 17.7 Å². The molecule has 0 aromatic heterocycles. The number of amides is 2. The van der Waals surface area contributed by atoms with E-state index in [0.29, 0.717) is 0 Å². The SMILES string of the molecule is CC(C)N(CCO)C(=O)Nc1cc(C(=O)O)ccc1F. The smallest absolute Gasteiger partial charge is 0.335 e. The van der Waals surface area contributed by atoms with E-state index in [4.69, 9.17) is 10.2 Å². The summed E-state index contributed by atoms with van der Waals surface area (Å²) in [5, 5.41) is 20.0. The number of anilines is 1. The Morgan fingerprint density at radius 1 is 1.40 bits per heavy atom. The lowest BCUT2D eigenvalue weighted by Crippen LogP contribution is -2.41. The van der Waals surface area contributed by atoms with Gasteiger partial charge in [-0.25, -0.2) is 14.0 Å². The number of carbonyl (C=O) groups is 2. The third kappa shape index (κ3) is 3.92. The van der Waals surface area contributed by atoms with Crippen LogP contribution in [-0.4, -0.2) is 46.3 Å². The second kappa shape index (κ2) is 6.85. The maximum atomic E-state index is 13.6. The van der Waals surface area contributed by atoms with E-state index in [2.05, 4.69) is 5.32 Å². The standard InChI is InChI=1S/C13H17FN2O4/c1-8(2)16(5-6-17)13(20)15-11-7-9(12(18)19)3-4-10(11)14/h3-4,7-8,17H,5-6H2,1-2H3,(H,15,20)(H,18,19). The zero-order valence-corrected chi connectivity index (χ0v) is 11.3. The summed E-state index contributed by atoms with van der Waals surface area (Å²) in [6.07, 6.45) is 0. The number of nitrogens with one attached hydrogen (secondary N) is 1. The summed E-state index contributed by atoms with van der Waals surface area (Å²) >= 11 is 0. The van der Waals surface area contributed by atoms with Gasteiger partial charge in [-0.1, -0.05) is 0 Å². The van der Waals surface area contributed by atoms with E-state index in [1.807, 2.05) is 0 Å². The molecule has 0 aliphatic rings. The van der Waals surface area contributed by atoms with Gasteiger partial charge in [-0.15, -0.1) is 0 Å². The fourth-order valence-corrected chi connectivity index (χ4v) is 1.64. The van der Waals surface area contributed by atoms with Gasteiger partial charge in [0.15, 0.2) is 0 Å². The van der Waals surface area contributed by atoms with Crippen LogP contribution >= 0.6 is 0 Å². The predicted octanol–water partition coefficient (Wildman–Crippen LogP) is 1.76. The number of hydrogen-bond acceptors (Lipinski definition) is 3. The molecular formula is C13H17FN2O4. The number of aliphatic hydroxyl groups is 1. The molecule has 6 nitrogen and oxygen atoms in total. The molecule has 0 aliphatic heterocycles. The summed E-state index contributed by atoms with van der Waals surface area (Å²) < 4.78 is 13.6. The number of halogens is 1. The highest BCUT2D eigenvalue weighted by Gasteiger charge is 2.18. The zero-order valence-electron chi connectivity index (χ0n) is 11.3. The Bertz CT molecular complexity index is 505. The van der Waals surface area contributed by atoms with E-state index in [9.17, 15) is 14.0 Å². The van der Waals surface area contributed by atoms with Crippen LogP contribution in [0.15, 0.2) is 18.2 Å². The minimum Gasteiger partial charge on any atom is -0.478 e. The molecule has 1 aromatic rings. The van der Waals surface area contributed by atoms with Gasteiger partial charge in [0.25, 0.3) is 0 Å². The summed E-state index contributed by atoms with van der Waals surface area (Å²) in [6, 6.07) is 2.35. The van der Waals surface area contributed by atoms with Crippen LogP contribution in [0, 0.1) is 5.82 Å². The van der Waals surface area contributed by atoms with E-state index >= 15 is 0 Å². The second-order valence-corrected chi connectivity index (χ2v) is 4.44. The first-order valence-corrected chi connectivity index (χ1v) is 6.08. The molecule has 20 heavy (non-hydrogen) atoms. The molecule has 2 amide bonds. The highest BCUT2D eigenvalue weighted by atomic mass is 19.1. The molecule has 0 atom stereocenters. The molecule has 0 saturated carbocycles. The quantitative estimate of drug-likeness (QED) is 0.768. The molecule has 0 aliphatic carbocycles. The van der Waals surface area contributed by atoms with Gasteiger partial charge in [0, 0.05) is 12.6 Å². The van der Waals surface area contributed by atoms with Crippen molar-refractivity contribution in [1.82, 2.24) is 4.90 Å². The van der Waals surface area contributed by atoms with Crippen molar-refractivity contribution in [2.45, 2.75) is 19.9 Å². The molecule has 7 heteroatoms. The fraction of sp³-hybridized carbons (Fsp3) is 0.385. The van der Waals surface area contributed by atoms with E-state index < -0.39 is 17.8 Å². The van der Waals surface area contributed by atoms with Crippen LogP contribution in [0.5, 0.6) is 0 Å². The lowest BCUT2D eigenvalue weighted by molar-refractivity contribution is 0.0697. The van der Waals surface area contributed by atoms with Gasteiger partial charge >= 0.3 is 12.0 Å². The van der Waals surface area contributed by atoms with Crippen LogP contribution in [0.25, 0.3) is 0 Å². The summed E-state index contributed by atoms with van der Waals surface area (Å²) in [5.74, 6) is -1.94. The number of benzene rings is 1. The molecule has 1 rings (SSSR count). The van der Waals surface area contributed by atoms with Gasteiger partial charge in [0.2, 0.25) is 0 Å². The summed E-state index contributed by atoms with van der Waals surface area (Å²) in [7, 11) is 0. The number of rotatable bonds is 5. The Balaban J connectivity index is 2.94. The summed E-state index contributed by atoms with van der Waals surface area (Å²) in [4.78, 5) is 24.1. The van der Waals surface area contributed by atoms with Gasteiger partial charge in [-0.05, 0) is 32.0 Å². The van der Waals surface area contributed by atoms with Crippen molar-refractivity contribution in [1.29, 1.82) is 0 Å². The molecule has 0 radical (unpaired) electrons. The van der Waals surface area contributed by atoms with Crippen molar-refractivity contribution in [3.05, 3.63) is 29.6 Å². The van der Waals surface area contributed by atoms with Crippen LogP contribution in [0.3, 0.4) is 0 Å². The van der Waals surface area contributed by atoms with Crippen LogP contribution in [0.1, 0.15) is 24.2 Å². The number of carboxylic acid groups (broad SMARTS) is 1. The fourth-order valence-electron chi connectivity index (χ4n) is 1.64. The van der Waals surface area contributed by atoms with Gasteiger partial charge < -0.3 is 20.4 Å². The first kappa shape index (κ1) is 15.9. The zero-order chi connectivity index (χ0) is 15.3. The van der Waals surface area contributed by atoms with Crippen LogP contribution < -0.4 is 5.32 Å². The highest BCUT2D eigenvalue weighted by molar-refractivity contribution is 5.93. The third-order valence-electron chi connectivity index (χ3n) is 2.68. The Morgan fingerprint density at radius 2 is 2.05 bits per heavy atom. The van der Waals surface area contributed by atoms with E-state index in [0.717, 1.165) is 18.2 Å². The normalized spacial score (nSPS) is 10.4. The molecule has 1 aromatic carbocycles. The van der Waals surface area contributed by atoms with E-state index in [1.165, 1.54) is 4.90 Å². The Morgan fingerprint density at radius 3 is 2.55 bits per heavy atom. The molecule has 0 saturated heterocycles. The number of carbonyl (C=O) groups excluding carboxylic acids is 1. The number of carboxylic acids is 1.